The molecule has 0 fully saturated rings. The molecule has 0 bridgehead atoms. The fourth-order valence-electron chi connectivity index (χ4n) is 2.53. The number of hydrogen-bond donors (Lipinski definition) is 2. The Morgan fingerprint density at radius 3 is 2.64 bits per heavy atom. The number of halogens is 1. The number of carboxylic acid groups (broad SMARTS) is 1. The van der Waals surface area contributed by atoms with E-state index in [-0.39, 0.29) is 11.6 Å². The summed E-state index contributed by atoms with van der Waals surface area (Å²) in [6.45, 7) is 5.67. The molecular formula is C17H21ClN4O3. The summed E-state index contributed by atoms with van der Waals surface area (Å²) in [6, 6.07) is 6.08. The summed E-state index contributed by atoms with van der Waals surface area (Å²) in [6.07, 6.45) is 0.842. The maximum atomic E-state index is 12.5. The molecule has 0 aliphatic heterocycles. The van der Waals surface area contributed by atoms with Gasteiger partial charge in [-0.2, -0.15) is 0 Å². The van der Waals surface area contributed by atoms with E-state index in [1.807, 2.05) is 20.8 Å². The predicted octanol–water partition coefficient (Wildman–Crippen LogP) is 2.71. The number of hydrogen-bond acceptors (Lipinski definition) is 4. The Labute approximate surface area is 151 Å². The van der Waals surface area contributed by atoms with Crippen LogP contribution in [0.5, 0.6) is 0 Å². The Hall–Kier alpha value is -2.41. The summed E-state index contributed by atoms with van der Waals surface area (Å²) in [5.74, 6) is -1.48. The monoisotopic (exact) mass is 364 g/mol. The second kappa shape index (κ2) is 8.11. The molecule has 25 heavy (non-hydrogen) atoms. The van der Waals surface area contributed by atoms with E-state index in [4.69, 9.17) is 11.6 Å². The van der Waals surface area contributed by atoms with E-state index in [0.717, 1.165) is 0 Å². The summed E-state index contributed by atoms with van der Waals surface area (Å²) in [4.78, 5) is 23.9. The second-order valence-electron chi connectivity index (χ2n) is 6.12. The lowest BCUT2D eigenvalue weighted by atomic mass is 10.0. The molecule has 1 atom stereocenters. The highest BCUT2D eigenvalue weighted by molar-refractivity contribution is 6.30. The number of aliphatic carboxylic acids is 1. The van der Waals surface area contributed by atoms with E-state index in [2.05, 4.69) is 15.6 Å². The van der Waals surface area contributed by atoms with Gasteiger partial charge in [-0.3, -0.25) is 4.79 Å². The van der Waals surface area contributed by atoms with E-state index in [1.165, 1.54) is 0 Å². The summed E-state index contributed by atoms with van der Waals surface area (Å²) in [5.41, 5.74) is 1.40. The van der Waals surface area contributed by atoms with Crippen molar-refractivity contribution in [3.63, 3.8) is 0 Å². The Kier molecular flexibility index (Phi) is 6.14. The normalized spacial score (nSPS) is 12.2. The zero-order valence-electron chi connectivity index (χ0n) is 14.4. The van der Waals surface area contributed by atoms with E-state index >= 15 is 0 Å². The molecule has 0 aliphatic carbocycles. The molecule has 0 aliphatic rings. The van der Waals surface area contributed by atoms with E-state index in [0.29, 0.717) is 29.2 Å². The number of benzene rings is 1. The van der Waals surface area contributed by atoms with Gasteiger partial charge in [-0.05, 0) is 37.0 Å². The van der Waals surface area contributed by atoms with Crippen LogP contribution in [0.2, 0.25) is 5.02 Å². The van der Waals surface area contributed by atoms with Crippen LogP contribution in [0.25, 0.3) is 5.69 Å². The quantitative estimate of drug-likeness (QED) is 0.787. The van der Waals surface area contributed by atoms with Crippen molar-refractivity contribution in [1.82, 2.24) is 20.3 Å². The van der Waals surface area contributed by atoms with Gasteiger partial charge in [0.05, 0.1) is 11.4 Å². The predicted molar refractivity (Wildman–Crippen MR) is 94.1 cm³/mol. The largest absolute Gasteiger partial charge is 0.480 e. The fraction of sp³-hybridized carbons (Fsp3) is 0.412. The van der Waals surface area contributed by atoms with Crippen LogP contribution in [-0.4, -0.2) is 38.0 Å². The molecule has 1 amide bonds. The average molecular weight is 365 g/mol. The van der Waals surface area contributed by atoms with Crippen LogP contribution < -0.4 is 5.32 Å². The minimum absolute atomic E-state index is 0.123. The van der Waals surface area contributed by atoms with Crippen LogP contribution in [-0.2, 0) is 11.2 Å². The number of amides is 1. The minimum atomic E-state index is -1.07. The maximum Gasteiger partial charge on any atom is 0.326 e. The van der Waals surface area contributed by atoms with Crippen molar-refractivity contribution < 1.29 is 14.7 Å². The van der Waals surface area contributed by atoms with Gasteiger partial charge < -0.3 is 10.4 Å². The third-order valence-electron chi connectivity index (χ3n) is 3.68. The highest BCUT2D eigenvalue weighted by Gasteiger charge is 2.25. The molecule has 1 heterocycles. The Bertz CT molecular complexity index is 773. The van der Waals surface area contributed by atoms with E-state index < -0.39 is 17.9 Å². The zero-order valence-corrected chi connectivity index (χ0v) is 15.1. The third-order valence-corrected chi connectivity index (χ3v) is 3.91. The zero-order chi connectivity index (χ0) is 18.6. The van der Waals surface area contributed by atoms with Crippen molar-refractivity contribution in [3.8, 4) is 5.69 Å². The van der Waals surface area contributed by atoms with E-state index in [1.54, 1.807) is 28.9 Å². The molecule has 7 nitrogen and oxygen atoms in total. The Balaban J connectivity index is 2.30. The lowest BCUT2D eigenvalue weighted by molar-refractivity contribution is -0.139. The van der Waals surface area contributed by atoms with Gasteiger partial charge >= 0.3 is 5.97 Å². The molecular weight excluding hydrogens is 344 g/mol. The Morgan fingerprint density at radius 2 is 2.08 bits per heavy atom. The number of rotatable bonds is 7. The van der Waals surface area contributed by atoms with Crippen molar-refractivity contribution in [2.24, 2.45) is 5.92 Å². The highest BCUT2D eigenvalue weighted by Crippen LogP contribution is 2.18. The second-order valence-corrected chi connectivity index (χ2v) is 6.56. The summed E-state index contributed by atoms with van der Waals surface area (Å²) < 4.78 is 1.54. The van der Waals surface area contributed by atoms with Crippen molar-refractivity contribution in [2.45, 2.75) is 39.7 Å². The molecule has 0 saturated heterocycles. The first-order valence-electron chi connectivity index (χ1n) is 8.07. The first-order valence-corrected chi connectivity index (χ1v) is 8.45. The number of carbonyl (C=O) groups excluding carboxylic acids is 1. The van der Waals surface area contributed by atoms with Gasteiger partial charge in [0, 0.05) is 5.02 Å². The van der Waals surface area contributed by atoms with Crippen molar-refractivity contribution >= 4 is 23.5 Å². The molecule has 0 radical (unpaired) electrons. The van der Waals surface area contributed by atoms with Gasteiger partial charge in [0.25, 0.3) is 5.91 Å². The van der Waals surface area contributed by atoms with Crippen molar-refractivity contribution in [1.29, 1.82) is 0 Å². The lowest BCUT2D eigenvalue weighted by Gasteiger charge is -2.16. The molecule has 2 N–H and O–H groups in total. The third kappa shape index (κ3) is 4.57. The molecule has 0 unspecified atom stereocenters. The van der Waals surface area contributed by atoms with Crippen LogP contribution in [0.1, 0.15) is 43.4 Å². The molecule has 0 saturated carbocycles. The SMILES string of the molecule is CCc1c(C(=O)N[C@H](CC(C)C)C(=O)O)nnn1-c1cccc(Cl)c1. The molecule has 134 valence electrons. The number of aromatic nitrogens is 3. The average Bonchev–Trinajstić information content (AvgIpc) is 2.97. The molecule has 1 aromatic heterocycles. The number of carboxylic acids is 1. The fourth-order valence-corrected chi connectivity index (χ4v) is 2.71. The summed E-state index contributed by atoms with van der Waals surface area (Å²) in [7, 11) is 0. The number of nitrogens with zero attached hydrogens (tertiary/aromatic N) is 3. The highest BCUT2D eigenvalue weighted by atomic mass is 35.5. The van der Waals surface area contributed by atoms with Gasteiger partial charge in [0.15, 0.2) is 5.69 Å². The maximum absolute atomic E-state index is 12.5. The summed E-state index contributed by atoms with van der Waals surface area (Å²) >= 11 is 6.01. The molecule has 2 aromatic rings. The minimum Gasteiger partial charge on any atom is -0.480 e. The summed E-state index contributed by atoms with van der Waals surface area (Å²) in [5, 5.41) is 20.3. The van der Waals surface area contributed by atoms with Gasteiger partial charge in [-0.15, -0.1) is 5.10 Å². The topological polar surface area (TPSA) is 97.1 Å². The Morgan fingerprint density at radius 1 is 1.36 bits per heavy atom. The first-order chi connectivity index (χ1) is 11.8. The molecule has 1 aromatic carbocycles. The molecule has 2 rings (SSSR count). The standard InChI is InChI=1S/C17H21ClN4O3/c1-4-14-15(16(23)19-13(17(24)25)8-10(2)3)20-21-22(14)12-7-5-6-11(18)9-12/h5-7,9-10,13H,4,8H2,1-3H3,(H,19,23)(H,24,25)/t13-/m1/s1. The van der Waals surface area contributed by atoms with Crippen LogP contribution in [0.4, 0.5) is 0 Å². The number of nitrogens with one attached hydrogen (secondary N) is 1. The van der Waals surface area contributed by atoms with Crippen molar-refractivity contribution in [3.05, 3.63) is 40.7 Å². The van der Waals surface area contributed by atoms with Gasteiger partial charge in [-0.25, -0.2) is 9.48 Å². The van der Waals surface area contributed by atoms with Crippen LogP contribution in [0, 0.1) is 5.92 Å². The van der Waals surface area contributed by atoms with Gasteiger partial charge in [0.2, 0.25) is 0 Å². The molecule has 0 spiro atoms. The van der Waals surface area contributed by atoms with Crippen LogP contribution in [0.3, 0.4) is 0 Å². The van der Waals surface area contributed by atoms with Crippen LogP contribution >= 0.6 is 11.6 Å². The van der Waals surface area contributed by atoms with Gasteiger partial charge in [0.1, 0.15) is 6.04 Å². The lowest BCUT2D eigenvalue weighted by Crippen LogP contribution is -2.42. The number of carbonyl (C=O) groups is 2. The van der Waals surface area contributed by atoms with Crippen LogP contribution in [0.15, 0.2) is 24.3 Å². The molecule has 8 heteroatoms. The van der Waals surface area contributed by atoms with Gasteiger partial charge in [-0.1, -0.05) is 43.7 Å². The van der Waals surface area contributed by atoms with E-state index in [9.17, 15) is 14.7 Å². The first kappa shape index (κ1) is 18.9. The van der Waals surface area contributed by atoms with Crippen molar-refractivity contribution in [2.75, 3.05) is 0 Å². The smallest absolute Gasteiger partial charge is 0.326 e.